The first-order valence-corrected chi connectivity index (χ1v) is 6.99. The zero-order valence-electron chi connectivity index (χ0n) is 11.8. The van der Waals surface area contributed by atoms with Crippen LogP contribution < -0.4 is 5.32 Å². The van der Waals surface area contributed by atoms with E-state index in [1.165, 1.54) is 12.1 Å². The van der Waals surface area contributed by atoms with Crippen LogP contribution in [-0.4, -0.2) is 23.6 Å². The summed E-state index contributed by atoms with van der Waals surface area (Å²) in [4.78, 5) is 23.3. The molecule has 0 aliphatic rings. The number of aliphatic hydroxyl groups is 1. The van der Waals surface area contributed by atoms with Crippen molar-refractivity contribution < 1.29 is 23.8 Å². The Morgan fingerprint density at radius 3 is 2.61 bits per heavy atom. The minimum absolute atomic E-state index is 0.123. The summed E-state index contributed by atoms with van der Waals surface area (Å²) in [5.74, 6) is -2.39. The number of carbonyl (C=O) groups is 2. The van der Waals surface area contributed by atoms with E-state index in [2.05, 4.69) is 5.32 Å². The van der Waals surface area contributed by atoms with Gasteiger partial charge in [0.25, 0.3) is 5.91 Å². The summed E-state index contributed by atoms with van der Waals surface area (Å²) in [6.07, 6.45) is -1.49. The number of benzene rings is 2. The van der Waals surface area contributed by atoms with Crippen LogP contribution in [0.1, 0.15) is 11.7 Å². The first kappa shape index (κ1) is 16.9. The maximum absolute atomic E-state index is 13.5. The standard InChI is InChI=1S/C16H13ClFNO4/c17-11-6-7-12(18)13(8-11)19-14(20)9-23-16(22)15(21)10-4-2-1-3-5-10/h1-8,15,21H,9H2,(H,19,20)/t15-/m0/s1. The van der Waals surface area contributed by atoms with Crippen molar-refractivity contribution in [2.75, 3.05) is 11.9 Å². The molecule has 0 saturated heterocycles. The fourth-order valence-corrected chi connectivity index (χ4v) is 1.94. The largest absolute Gasteiger partial charge is 0.453 e. The zero-order chi connectivity index (χ0) is 16.8. The molecular weight excluding hydrogens is 325 g/mol. The van der Waals surface area contributed by atoms with Crippen molar-refractivity contribution in [3.63, 3.8) is 0 Å². The van der Waals surface area contributed by atoms with E-state index >= 15 is 0 Å². The average molecular weight is 338 g/mol. The third-order valence-electron chi connectivity index (χ3n) is 2.89. The van der Waals surface area contributed by atoms with Gasteiger partial charge in [0.2, 0.25) is 0 Å². The number of nitrogens with one attached hydrogen (secondary N) is 1. The molecule has 2 rings (SSSR count). The Morgan fingerprint density at radius 1 is 1.22 bits per heavy atom. The van der Waals surface area contributed by atoms with Gasteiger partial charge >= 0.3 is 5.97 Å². The van der Waals surface area contributed by atoms with Gasteiger partial charge in [-0.05, 0) is 23.8 Å². The normalized spacial score (nSPS) is 11.6. The molecule has 0 heterocycles. The topological polar surface area (TPSA) is 75.6 Å². The molecule has 0 aliphatic heterocycles. The highest BCUT2D eigenvalue weighted by Crippen LogP contribution is 2.19. The Hall–Kier alpha value is -2.44. The molecule has 0 aromatic heterocycles. The summed E-state index contributed by atoms with van der Waals surface area (Å²) in [6, 6.07) is 11.8. The lowest BCUT2D eigenvalue weighted by atomic mass is 10.1. The van der Waals surface area contributed by atoms with Gasteiger partial charge in [0.05, 0.1) is 5.69 Å². The van der Waals surface area contributed by atoms with Gasteiger partial charge in [0.1, 0.15) is 5.82 Å². The Bertz CT molecular complexity index is 708. The van der Waals surface area contributed by atoms with Gasteiger partial charge in [0.15, 0.2) is 12.7 Å². The molecule has 0 radical (unpaired) electrons. The predicted octanol–water partition coefficient (Wildman–Crippen LogP) is 2.69. The van der Waals surface area contributed by atoms with E-state index in [0.29, 0.717) is 5.56 Å². The van der Waals surface area contributed by atoms with Crippen LogP contribution in [0.5, 0.6) is 0 Å². The maximum atomic E-state index is 13.5. The van der Waals surface area contributed by atoms with E-state index in [9.17, 15) is 19.1 Å². The molecule has 0 fully saturated rings. The number of halogens is 2. The third-order valence-corrected chi connectivity index (χ3v) is 3.12. The van der Waals surface area contributed by atoms with Gasteiger partial charge in [-0.3, -0.25) is 4.79 Å². The van der Waals surface area contributed by atoms with Gasteiger partial charge in [-0.1, -0.05) is 41.9 Å². The van der Waals surface area contributed by atoms with Crippen LogP contribution >= 0.6 is 11.6 Å². The van der Waals surface area contributed by atoms with E-state index in [-0.39, 0.29) is 10.7 Å². The highest BCUT2D eigenvalue weighted by molar-refractivity contribution is 6.30. The second-order valence-electron chi connectivity index (χ2n) is 4.59. The highest BCUT2D eigenvalue weighted by Gasteiger charge is 2.20. The number of esters is 1. The minimum atomic E-state index is -1.49. The van der Waals surface area contributed by atoms with E-state index < -0.39 is 30.4 Å². The van der Waals surface area contributed by atoms with Crippen molar-refractivity contribution in [2.45, 2.75) is 6.10 Å². The number of aliphatic hydroxyl groups excluding tert-OH is 1. The van der Waals surface area contributed by atoms with Crippen molar-refractivity contribution in [1.29, 1.82) is 0 Å². The number of hydrogen-bond acceptors (Lipinski definition) is 4. The number of ether oxygens (including phenoxy) is 1. The van der Waals surface area contributed by atoms with Crippen LogP contribution in [-0.2, 0) is 14.3 Å². The van der Waals surface area contributed by atoms with E-state index in [1.54, 1.807) is 30.3 Å². The summed E-state index contributed by atoms with van der Waals surface area (Å²) in [7, 11) is 0. The van der Waals surface area contributed by atoms with E-state index in [1.807, 2.05) is 0 Å². The van der Waals surface area contributed by atoms with E-state index in [0.717, 1.165) is 6.07 Å². The summed E-state index contributed by atoms with van der Waals surface area (Å²) in [6.45, 7) is -0.658. The Balaban J connectivity index is 1.89. The maximum Gasteiger partial charge on any atom is 0.340 e. The minimum Gasteiger partial charge on any atom is -0.453 e. The Labute approximate surface area is 136 Å². The van der Waals surface area contributed by atoms with Crippen LogP contribution in [0.4, 0.5) is 10.1 Å². The van der Waals surface area contributed by atoms with Crippen LogP contribution in [0, 0.1) is 5.82 Å². The monoisotopic (exact) mass is 337 g/mol. The number of hydrogen-bond donors (Lipinski definition) is 2. The number of anilines is 1. The number of amides is 1. The van der Waals surface area contributed by atoms with E-state index in [4.69, 9.17) is 16.3 Å². The molecule has 2 aromatic carbocycles. The SMILES string of the molecule is O=C(COC(=O)[C@@H](O)c1ccccc1)Nc1cc(Cl)ccc1F. The molecule has 2 N–H and O–H groups in total. The number of carbonyl (C=O) groups excluding carboxylic acids is 2. The summed E-state index contributed by atoms with van der Waals surface area (Å²) in [5.41, 5.74) is 0.223. The molecule has 0 spiro atoms. The van der Waals surface area contributed by atoms with Crippen LogP contribution in [0.2, 0.25) is 5.02 Å². The smallest absolute Gasteiger partial charge is 0.340 e. The lowest BCUT2D eigenvalue weighted by molar-refractivity contribution is -0.156. The molecule has 7 heteroatoms. The van der Waals surface area contributed by atoms with Gasteiger partial charge < -0.3 is 15.2 Å². The van der Waals surface area contributed by atoms with Gasteiger partial charge in [-0.15, -0.1) is 0 Å². The van der Waals surface area contributed by atoms with Crippen LogP contribution in [0.3, 0.4) is 0 Å². The average Bonchev–Trinajstić information content (AvgIpc) is 2.56. The third kappa shape index (κ3) is 4.77. The molecule has 0 unspecified atom stereocenters. The van der Waals surface area contributed by atoms with Crippen molar-refractivity contribution in [2.24, 2.45) is 0 Å². The zero-order valence-corrected chi connectivity index (χ0v) is 12.6. The molecule has 1 amide bonds. The molecule has 0 saturated carbocycles. The van der Waals surface area contributed by atoms with Crippen molar-refractivity contribution in [3.05, 3.63) is 64.9 Å². The summed E-state index contributed by atoms with van der Waals surface area (Å²) >= 11 is 5.70. The summed E-state index contributed by atoms with van der Waals surface area (Å²) < 4.78 is 18.2. The highest BCUT2D eigenvalue weighted by atomic mass is 35.5. The Morgan fingerprint density at radius 2 is 1.91 bits per heavy atom. The first-order chi connectivity index (χ1) is 11.0. The number of rotatable bonds is 5. The van der Waals surface area contributed by atoms with Crippen LogP contribution in [0.15, 0.2) is 48.5 Å². The quantitative estimate of drug-likeness (QED) is 0.823. The molecule has 1 atom stereocenters. The molecule has 120 valence electrons. The molecule has 5 nitrogen and oxygen atoms in total. The second kappa shape index (κ2) is 7.71. The van der Waals surface area contributed by atoms with Gasteiger partial charge in [-0.25, -0.2) is 9.18 Å². The Kier molecular flexibility index (Phi) is 5.67. The second-order valence-corrected chi connectivity index (χ2v) is 5.03. The molecule has 0 bridgehead atoms. The van der Waals surface area contributed by atoms with Crippen molar-refractivity contribution in [3.8, 4) is 0 Å². The lowest BCUT2D eigenvalue weighted by Crippen LogP contribution is -2.24. The predicted molar refractivity (Wildman–Crippen MR) is 82.4 cm³/mol. The lowest BCUT2D eigenvalue weighted by Gasteiger charge is -2.11. The first-order valence-electron chi connectivity index (χ1n) is 6.62. The van der Waals surface area contributed by atoms with Crippen molar-refractivity contribution >= 4 is 29.2 Å². The molecule has 2 aromatic rings. The van der Waals surface area contributed by atoms with Gasteiger partial charge in [0, 0.05) is 5.02 Å². The fourth-order valence-electron chi connectivity index (χ4n) is 1.77. The molecule has 23 heavy (non-hydrogen) atoms. The van der Waals surface area contributed by atoms with Crippen molar-refractivity contribution in [1.82, 2.24) is 0 Å². The van der Waals surface area contributed by atoms with Crippen LogP contribution in [0.25, 0.3) is 0 Å². The molecule has 0 aliphatic carbocycles. The fraction of sp³-hybridized carbons (Fsp3) is 0.125. The summed E-state index contributed by atoms with van der Waals surface area (Å²) in [5, 5.41) is 12.3. The van der Waals surface area contributed by atoms with Gasteiger partial charge in [-0.2, -0.15) is 0 Å². The molecular formula is C16H13ClFNO4.